The maximum absolute atomic E-state index is 13.0. The second-order valence-corrected chi connectivity index (χ2v) is 8.06. The van der Waals surface area contributed by atoms with E-state index in [9.17, 15) is 15.2 Å². The van der Waals surface area contributed by atoms with Crippen LogP contribution in [0.25, 0.3) is 28.2 Å². The first kappa shape index (κ1) is 21.8. The first-order chi connectivity index (χ1) is 15.5. The van der Waals surface area contributed by atoms with Crippen LogP contribution in [0, 0.1) is 11.3 Å². The van der Waals surface area contributed by atoms with Gasteiger partial charge in [-0.25, -0.2) is 9.97 Å². The van der Waals surface area contributed by atoms with Gasteiger partial charge in [-0.05, 0) is 43.0 Å². The van der Waals surface area contributed by atoms with Gasteiger partial charge in [-0.15, -0.1) is 0 Å². The van der Waals surface area contributed by atoms with Gasteiger partial charge in [0.1, 0.15) is 29.4 Å². The Balaban J connectivity index is 1.99. The Morgan fingerprint density at radius 1 is 1.25 bits per heavy atom. The summed E-state index contributed by atoms with van der Waals surface area (Å²) in [4.78, 5) is 23.3. The Labute approximate surface area is 190 Å². The fourth-order valence-electron chi connectivity index (χ4n) is 4.09. The predicted octanol–water partition coefficient (Wildman–Crippen LogP) is 3.25. The van der Waals surface area contributed by atoms with Crippen molar-refractivity contribution in [3.63, 3.8) is 0 Å². The van der Waals surface area contributed by atoms with Crippen LogP contribution in [0.1, 0.15) is 25.0 Å². The van der Waals surface area contributed by atoms with Gasteiger partial charge in [0.15, 0.2) is 0 Å². The monoisotopic (exact) mass is 450 g/mol. The summed E-state index contributed by atoms with van der Waals surface area (Å²) in [5.41, 5.74) is 9.02. The van der Waals surface area contributed by atoms with Crippen molar-refractivity contribution in [1.29, 1.82) is 5.26 Å². The maximum atomic E-state index is 13.0. The molecule has 3 heterocycles. The molecule has 0 radical (unpaired) electrons. The highest BCUT2D eigenvalue weighted by molar-refractivity contribution is 6.30. The summed E-state index contributed by atoms with van der Waals surface area (Å²) in [6.07, 6.45) is 5.32. The standard InChI is InChI=1S/C23H23ClN6O2/c24-17-6-4-15(5-7-17)19-18(12-16(13-25)23(32)29-8-1-2-9-29)30(10-3-11-31)22-20(19)21(26)27-14-28-22/h4-7,12,14,31H,1-3,8-11H2,(H2,26,27,28)/b16-12+. The third-order valence-corrected chi connectivity index (χ3v) is 5.86. The van der Waals surface area contributed by atoms with Gasteiger partial charge in [0.2, 0.25) is 0 Å². The van der Waals surface area contributed by atoms with Gasteiger partial charge in [0.25, 0.3) is 5.91 Å². The van der Waals surface area contributed by atoms with E-state index in [-0.39, 0.29) is 18.1 Å². The highest BCUT2D eigenvalue weighted by atomic mass is 35.5. The number of nitriles is 1. The molecule has 1 fully saturated rings. The number of halogens is 1. The molecule has 1 aliphatic heterocycles. The van der Waals surface area contributed by atoms with Crippen molar-refractivity contribution in [2.24, 2.45) is 0 Å². The number of nitrogen functional groups attached to an aromatic ring is 1. The minimum atomic E-state index is -0.287. The van der Waals surface area contributed by atoms with Crippen LogP contribution in [0.4, 0.5) is 5.82 Å². The van der Waals surface area contributed by atoms with Crippen molar-refractivity contribution >= 4 is 40.4 Å². The van der Waals surface area contributed by atoms with E-state index in [1.807, 2.05) is 16.7 Å². The SMILES string of the molecule is N#C/C(=C\c1c(-c2ccc(Cl)cc2)c2c(N)ncnc2n1CCCO)C(=O)N1CCCC1. The number of hydrogen-bond donors (Lipinski definition) is 2. The number of hydrogen-bond acceptors (Lipinski definition) is 6. The smallest absolute Gasteiger partial charge is 0.264 e. The molecule has 9 heteroatoms. The van der Waals surface area contributed by atoms with Crippen LogP contribution in [0.15, 0.2) is 36.2 Å². The molecular weight excluding hydrogens is 428 g/mol. The molecule has 2 aromatic heterocycles. The number of aliphatic hydroxyl groups excluding tert-OH is 1. The summed E-state index contributed by atoms with van der Waals surface area (Å²) >= 11 is 6.10. The zero-order valence-corrected chi connectivity index (χ0v) is 18.2. The number of anilines is 1. The Morgan fingerprint density at radius 2 is 1.97 bits per heavy atom. The van der Waals surface area contributed by atoms with E-state index in [0.717, 1.165) is 24.0 Å². The predicted molar refractivity (Wildman–Crippen MR) is 123 cm³/mol. The molecule has 32 heavy (non-hydrogen) atoms. The molecule has 4 rings (SSSR count). The second-order valence-electron chi connectivity index (χ2n) is 7.62. The van der Waals surface area contributed by atoms with Crippen LogP contribution < -0.4 is 5.73 Å². The molecule has 1 aliphatic rings. The highest BCUT2D eigenvalue weighted by Crippen LogP contribution is 2.38. The van der Waals surface area contributed by atoms with E-state index < -0.39 is 0 Å². The van der Waals surface area contributed by atoms with Gasteiger partial charge < -0.3 is 20.3 Å². The van der Waals surface area contributed by atoms with Crippen LogP contribution in [-0.2, 0) is 11.3 Å². The number of carbonyl (C=O) groups is 1. The average Bonchev–Trinajstić information content (AvgIpc) is 3.44. The van der Waals surface area contributed by atoms with Gasteiger partial charge in [0.05, 0.1) is 11.1 Å². The molecule has 0 spiro atoms. The van der Waals surface area contributed by atoms with Gasteiger partial charge in [0, 0.05) is 36.8 Å². The normalized spacial score (nSPS) is 14.2. The molecule has 0 aliphatic carbocycles. The number of amides is 1. The zero-order chi connectivity index (χ0) is 22.7. The van der Waals surface area contributed by atoms with Crippen LogP contribution in [0.5, 0.6) is 0 Å². The molecule has 0 atom stereocenters. The molecule has 1 aromatic carbocycles. The second kappa shape index (κ2) is 9.39. The zero-order valence-electron chi connectivity index (χ0n) is 17.5. The fraction of sp³-hybridized carbons (Fsp3) is 0.304. The van der Waals surface area contributed by atoms with Gasteiger partial charge >= 0.3 is 0 Å². The number of nitrogens with two attached hydrogens (primary N) is 1. The van der Waals surface area contributed by atoms with Crippen molar-refractivity contribution in [3.8, 4) is 17.2 Å². The largest absolute Gasteiger partial charge is 0.396 e. The first-order valence-corrected chi connectivity index (χ1v) is 10.8. The van der Waals surface area contributed by atoms with E-state index >= 15 is 0 Å². The third-order valence-electron chi connectivity index (χ3n) is 5.61. The lowest BCUT2D eigenvalue weighted by Crippen LogP contribution is -2.28. The number of aryl methyl sites for hydroxylation is 1. The van der Waals surface area contributed by atoms with Crippen LogP contribution >= 0.6 is 11.6 Å². The maximum Gasteiger partial charge on any atom is 0.264 e. The fourth-order valence-corrected chi connectivity index (χ4v) is 4.22. The summed E-state index contributed by atoms with van der Waals surface area (Å²) in [5, 5.41) is 20.5. The quantitative estimate of drug-likeness (QED) is 0.439. The number of rotatable bonds is 6. The van der Waals surface area contributed by atoms with E-state index in [4.69, 9.17) is 17.3 Å². The number of carbonyl (C=O) groups excluding carboxylic acids is 1. The summed E-state index contributed by atoms with van der Waals surface area (Å²) in [7, 11) is 0. The lowest BCUT2D eigenvalue weighted by molar-refractivity contribution is -0.125. The van der Waals surface area contributed by atoms with Gasteiger partial charge in [-0.1, -0.05) is 23.7 Å². The van der Waals surface area contributed by atoms with Crippen LogP contribution in [0.3, 0.4) is 0 Å². The Hall–Kier alpha value is -3.41. The van der Waals surface area contributed by atoms with Crippen molar-refractivity contribution in [2.75, 3.05) is 25.4 Å². The molecule has 8 nitrogen and oxygen atoms in total. The summed E-state index contributed by atoms with van der Waals surface area (Å²) in [6.45, 7) is 1.71. The van der Waals surface area contributed by atoms with Gasteiger partial charge in [-0.2, -0.15) is 5.26 Å². The van der Waals surface area contributed by atoms with Crippen LogP contribution in [0.2, 0.25) is 5.02 Å². The molecule has 3 N–H and O–H groups in total. The number of nitrogens with zero attached hydrogens (tertiary/aromatic N) is 5. The van der Waals surface area contributed by atoms with E-state index in [0.29, 0.717) is 53.6 Å². The lowest BCUT2D eigenvalue weighted by atomic mass is 10.0. The lowest BCUT2D eigenvalue weighted by Gasteiger charge is -2.15. The molecule has 0 unspecified atom stereocenters. The van der Waals surface area contributed by atoms with Crippen LogP contribution in [-0.4, -0.2) is 50.1 Å². The Kier molecular flexibility index (Phi) is 6.40. The summed E-state index contributed by atoms with van der Waals surface area (Å²) < 4.78 is 1.88. The molecule has 3 aromatic rings. The van der Waals surface area contributed by atoms with Crippen molar-refractivity contribution < 1.29 is 9.90 Å². The third kappa shape index (κ3) is 4.05. The molecular formula is C23H23ClN6O2. The van der Waals surface area contributed by atoms with Crippen molar-refractivity contribution in [1.82, 2.24) is 19.4 Å². The Bertz CT molecular complexity index is 1220. The van der Waals surface area contributed by atoms with Crippen molar-refractivity contribution in [2.45, 2.75) is 25.8 Å². The highest BCUT2D eigenvalue weighted by Gasteiger charge is 2.25. The molecule has 0 saturated carbocycles. The first-order valence-electron chi connectivity index (χ1n) is 10.5. The molecule has 1 saturated heterocycles. The molecule has 1 amide bonds. The van der Waals surface area contributed by atoms with E-state index in [1.165, 1.54) is 6.33 Å². The summed E-state index contributed by atoms with van der Waals surface area (Å²) in [6, 6.07) is 9.31. The average molecular weight is 451 g/mol. The number of benzene rings is 1. The number of fused-ring (bicyclic) bond motifs is 1. The molecule has 164 valence electrons. The van der Waals surface area contributed by atoms with Crippen molar-refractivity contribution in [3.05, 3.63) is 46.9 Å². The van der Waals surface area contributed by atoms with Gasteiger partial charge in [-0.3, -0.25) is 4.79 Å². The topological polar surface area (TPSA) is 121 Å². The summed E-state index contributed by atoms with van der Waals surface area (Å²) in [5.74, 6) is 0.00630. The number of likely N-dealkylation sites (tertiary alicyclic amines) is 1. The number of aromatic nitrogens is 3. The van der Waals surface area contributed by atoms with E-state index in [1.54, 1.807) is 23.1 Å². The van der Waals surface area contributed by atoms with E-state index in [2.05, 4.69) is 16.0 Å². The minimum Gasteiger partial charge on any atom is -0.396 e. The number of aliphatic hydroxyl groups is 1. The molecule has 0 bridgehead atoms. The minimum absolute atomic E-state index is 0.0164. The Morgan fingerprint density at radius 3 is 2.62 bits per heavy atom.